The maximum absolute atomic E-state index is 12.6. The Morgan fingerprint density at radius 1 is 1.04 bits per heavy atom. The van der Waals surface area contributed by atoms with E-state index in [0.29, 0.717) is 0 Å². The summed E-state index contributed by atoms with van der Waals surface area (Å²) < 4.78 is 21.8. The maximum Gasteiger partial charge on any atom is 0.362 e. The molecule has 0 saturated carbocycles. The highest BCUT2D eigenvalue weighted by molar-refractivity contribution is 7.51. The van der Waals surface area contributed by atoms with Gasteiger partial charge in [0.15, 0.2) is 23.6 Å². The fraction of sp³-hybridized carbons (Fsp3) is 0.167. The Balaban J connectivity index is 0.00000126. The van der Waals surface area contributed by atoms with E-state index in [1.165, 1.54) is 18.2 Å². The van der Waals surface area contributed by atoms with Gasteiger partial charge in [-0.05, 0) is 30.3 Å². The number of hydrogen-bond donors (Lipinski definition) is 4. The van der Waals surface area contributed by atoms with Crippen LogP contribution in [0.1, 0.15) is 13.8 Å². The van der Waals surface area contributed by atoms with Crippen molar-refractivity contribution >= 4 is 18.6 Å². The molecule has 0 amide bonds. The predicted molar refractivity (Wildman–Crippen MR) is 100 cm³/mol. The second kappa shape index (κ2) is 8.26. The molecule has 3 rings (SSSR count). The molecule has 0 atom stereocenters. The quantitative estimate of drug-likeness (QED) is 0.390. The molecule has 0 aliphatic carbocycles. The molecular weight excluding hydrogens is 375 g/mol. The fourth-order valence-electron chi connectivity index (χ4n) is 2.26. The lowest BCUT2D eigenvalue weighted by atomic mass is 10.1. The molecule has 9 heteroatoms. The zero-order valence-electron chi connectivity index (χ0n) is 14.6. The van der Waals surface area contributed by atoms with Crippen molar-refractivity contribution in [1.82, 2.24) is 0 Å². The molecule has 27 heavy (non-hydrogen) atoms. The summed E-state index contributed by atoms with van der Waals surface area (Å²) in [5, 5.41) is 19.3. The molecule has 2 aromatic carbocycles. The van der Waals surface area contributed by atoms with Crippen molar-refractivity contribution in [3.8, 4) is 28.6 Å². The van der Waals surface area contributed by atoms with Gasteiger partial charge < -0.3 is 29.2 Å². The first-order chi connectivity index (χ1) is 12.8. The minimum atomic E-state index is -4.53. The first-order valence-electron chi connectivity index (χ1n) is 8.02. The summed E-state index contributed by atoms with van der Waals surface area (Å²) in [6.45, 7) is 4.00. The van der Waals surface area contributed by atoms with Gasteiger partial charge in [0.2, 0.25) is 11.2 Å². The van der Waals surface area contributed by atoms with Crippen molar-refractivity contribution in [2.75, 3.05) is 6.35 Å². The topological polar surface area (TPSA) is 137 Å². The number of phenolic OH excluding ortho intramolecular Hbond substituents is 2. The number of benzene rings is 2. The molecule has 0 fully saturated rings. The van der Waals surface area contributed by atoms with Crippen molar-refractivity contribution in [3.63, 3.8) is 0 Å². The average molecular weight is 394 g/mol. The number of fused-ring (bicyclic) bond motifs is 1. The lowest BCUT2D eigenvalue weighted by Crippen LogP contribution is -2.11. The van der Waals surface area contributed by atoms with Gasteiger partial charge in [-0.3, -0.25) is 9.36 Å². The van der Waals surface area contributed by atoms with Crippen LogP contribution in [0, 0.1) is 0 Å². The van der Waals surface area contributed by atoms with Crippen molar-refractivity contribution in [3.05, 3.63) is 52.7 Å². The first kappa shape index (κ1) is 20.5. The smallest absolute Gasteiger partial charge is 0.362 e. The van der Waals surface area contributed by atoms with Crippen LogP contribution in [-0.4, -0.2) is 26.3 Å². The first-order valence-corrected chi connectivity index (χ1v) is 9.81. The van der Waals surface area contributed by atoms with E-state index in [4.69, 9.17) is 18.9 Å². The number of ether oxygens (including phenoxy) is 1. The van der Waals surface area contributed by atoms with E-state index in [2.05, 4.69) is 0 Å². The van der Waals surface area contributed by atoms with Gasteiger partial charge in [-0.2, -0.15) is 0 Å². The lowest BCUT2D eigenvalue weighted by Gasteiger charge is -2.12. The Morgan fingerprint density at radius 2 is 1.70 bits per heavy atom. The highest BCUT2D eigenvalue weighted by atomic mass is 31.2. The third-order valence-electron chi connectivity index (χ3n) is 3.37. The van der Waals surface area contributed by atoms with E-state index in [1.54, 1.807) is 18.2 Å². The van der Waals surface area contributed by atoms with Crippen LogP contribution in [0.5, 0.6) is 17.2 Å². The van der Waals surface area contributed by atoms with Crippen molar-refractivity contribution < 1.29 is 33.7 Å². The monoisotopic (exact) mass is 394 g/mol. The highest BCUT2D eigenvalue weighted by Gasteiger charge is 2.22. The van der Waals surface area contributed by atoms with Gasteiger partial charge in [0.1, 0.15) is 5.58 Å². The van der Waals surface area contributed by atoms with E-state index in [0.717, 1.165) is 6.07 Å². The molecular formula is C18H19O8P. The number of rotatable bonds is 4. The summed E-state index contributed by atoms with van der Waals surface area (Å²) in [6.07, 6.45) is -1.01. The van der Waals surface area contributed by atoms with E-state index >= 15 is 0 Å². The number of hydrogen-bond acceptors (Lipinski definition) is 6. The molecule has 0 unspecified atom stereocenters. The summed E-state index contributed by atoms with van der Waals surface area (Å²) in [5.74, 6) is -1.33. The van der Waals surface area contributed by atoms with Crippen LogP contribution in [0.25, 0.3) is 22.3 Å². The van der Waals surface area contributed by atoms with Crippen LogP contribution < -0.4 is 10.2 Å². The molecule has 0 aliphatic rings. The van der Waals surface area contributed by atoms with Crippen LogP contribution in [0.4, 0.5) is 0 Å². The molecule has 8 nitrogen and oxygen atoms in total. The Morgan fingerprint density at radius 3 is 2.33 bits per heavy atom. The second-order valence-corrected chi connectivity index (χ2v) is 6.81. The van der Waals surface area contributed by atoms with Gasteiger partial charge in [-0.15, -0.1) is 0 Å². The maximum atomic E-state index is 12.6. The van der Waals surface area contributed by atoms with Gasteiger partial charge in [-0.1, -0.05) is 26.0 Å². The van der Waals surface area contributed by atoms with Crippen LogP contribution in [0.3, 0.4) is 0 Å². The van der Waals surface area contributed by atoms with Gasteiger partial charge in [0.25, 0.3) is 0 Å². The number of phenols is 2. The van der Waals surface area contributed by atoms with Gasteiger partial charge in [0, 0.05) is 5.56 Å². The minimum Gasteiger partial charge on any atom is -0.504 e. The largest absolute Gasteiger partial charge is 0.504 e. The summed E-state index contributed by atoms with van der Waals surface area (Å²) >= 11 is 0. The highest BCUT2D eigenvalue weighted by Crippen LogP contribution is 2.39. The zero-order chi connectivity index (χ0) is 20.2. The van der Waals surface area contributed by atoms with Crippen LogP contribution >= 0.6 is 7.60 Å². The molecule has 1 heterocycles. The Labute approximate surface area is 154 Å². The molecule has 1 aromatic heterocycles. The van der Waals surface area contributed by atoms with E-state index in [9.17, 15) is 19.6 Å². The second-order valence-electron chi connectivity index (χ2n) is 5.23. The molecule has 4 N–H and O–H groups in total. The summed E-state index contributed by atoms with van der Waals surface area (Å²) in [7, 11) is -4.53. The summed E-state index contributed by atoms with van der Waals surface area (Å²) in [6, 6.07) is 10.0. The molecule has 0 spiro atoms. The van der Waals surface area contributed by atoms with Gasteiger partial charge >= 0.3 is 7.60 Å². The van der Waals surface area contributed by atoms with Gasteiger partial charge in [-0.25, -0.2) is 0 Å². The fourth-order valence-corrected chi connectivity index (χ4v) is 2.56. The normalized spacial score (nSPS) is 11.0. The average Bonchev–Trinajstić information content (AvgIpc) is 2.64. The number of aromatic hydroxyl groups is 2. The van der Waals surface area contributed by atoms with Crippen LogP contribution in [0.15, 0.2) is 51.7 Å². The predicted octanol–water partition coefficient (Wildman–Crippen LogP) is 3.41. The Hall–Kier alpha value is -2.80. The standard InChI is InChI=1S/C16H13O8P.C2H6/c17-11-6-5-9(7-12(11)18)15-16(23-8-25(20,21)22)14(19)10-3-1-2-4-13(10)24-15;1-2/h1-7,17-18H,8H2,(H2,20,21,22);1-2H3. The summed E-state index contributed by atoms with van der Waals surface area (Å²) in [4.78, 5) is 30.7. The molecule has 3 aromatic rings. The molecule has 0 aliphatic heterocycles. The van der Waals surface area contributed by atoms with Crippen LogP contribution in [-0.2, 0) is 4.57 Å². The van der Waals surface area contributed by atoms with E-state index < -0.39 is 30.9 Å². The zero-order valence-corrected chi connectivity index (χ0v) is 15.5. The molecule has 0 radical (unpaired) electrons. The molecule has 144 valence electrons. The lowest BCUT2D eigenvalue weighted by molar-refractivity contribution is 0.296. The van der Waals surface area contributed by atoms with E-state index in [-0.39, 0.29) is 28.0 Å². The third-order valence-corrected chi connectivity index (χ3v) is 3.84. The number of para-hydroxylation sites is 1. The van der Waals surface area contributed by atoms with Gasteiger partial charge in [0.05, 0.1) is 5.39 Å². The van der Waals surface area contributed by atoms with Crippen molar-refractivity contribution in [1.29, 1.82) is 0 Å². The Bertz CT molecular complexity index is 1050. The molecule has 0 bridgehead atoms. The Kier molecular flexibility index (Phi) is 6.28. The third kappa shape index (κ3) is 4.68. The minimum absolute atomic E-state index is 0.118. The van der Waals surface area contributed by atoms with Crippen molar-refractivity contribution in [2.45, 2.75) is 13.8 Å². The van der Waals surface area contributed by atoms with Crippen LogP contribution in [0.2, 0.25) is 0 Å². The van der Waals surface area contributed by atoms with E-state index in [1.807, 2.05) is 13.8 Å². The SMILES string of the molecule is CC.O=c1c(OCP(=O)(O)O)c(-c2ccc(O)c(O)c2)oc2ccccc12. The molecule has 0 saturated heterocycles. The van der Waals surface area contributed by atoms with Crippen molar-refractivity contribution in [2.24, 2.45) is 0 Å². The summed E-state index contributed by atoms with van der Waals surface area (Å²) in [5.41, 5.74) is -0.185.